The molecule has 0 saturated heterocycles. The quantitative estimate of drug-likeness (QED) is 0.151. The van der Waals surface area contributed by atoms with E-state index in [1.54, 1.807) is 6.92 Å². The van der Waals surface area contributed by atoms with Crippen LogP contribution in [-0.4, -0.2) is 35.9 Å². The monoisotopic (exact) mass is 436 g/mol. The van der Waals surface area contributed by atoms with E-state index < -0.39 is 11.8 Å². The predicted molar refractivity (Wildman–Crippen MR) is 125 cm³/mol. The molecule has 0 bridgehead atoms. The Labute approximate surface area is 189 Å². The zero-order valence-corrected chi connectivity index (χ0v) is 19.9. The second-order valence-corrected chi connectivity index (χ2v) is 8.49. The molecule has 1 N–H and O–H groups in total. The van der Waals surface area contributed by atoms with Crippen LogP contribution in [0.3, 0.4) is 0 Å². The first kappa shape index (κ1) is 27.6. The Morgan fingerprint density at radius 3 is 2.48 bits per heavy atom. The lowest BCUT2D eigenvalue weighted by atomic mass is 9.91. The average molecular weight is 437 g/mol. The van der Waals surface area contributed by atoms with Gasteiger partial charge in [-0.3, -0.25) is 4.79 Å². The van der Waals surface area contributed by atoms with E-state index in [2.05, 4.69) is 19.1 Å². The molecule has 31 heavy (non-hydrogen) atoms. The summed E-state index contributed by atoms with van der Waals surface area (Å²) < 4.78 is 11.2. The van der Waals surface area contributed by atoms with Crippen LogP contribution in [0, 0.1) is 11.8 Å². The van der Waals surface area contributed by atoms with Gasteiger partial charge in [-0.15, -0.1) is 0 Å². The van der Waals surface area contributed by atoms with Crippen LogP contribution in [0.4, 0.5) is 0 Å². The van der Waals surface area contributed by atoms with E-state index in [0.29, 0.717) is 31.1 Å². The van der Waals surface area contributed by atoms with Crippen LogP contribution in [-0.2, 0) is 19.1 Å². The van der Waals surface area contributed by atoms with Gasteiger partial charge in [-0.25, -0.2) is 4.79 Å². The second kappa shape index (κ2) is 16.2. The number of ether oxygens (including phenoxy) is 2. The number of hydrogen-bond acceptors (Lipinski definition) is 4. The maximum atomic E-state index is 12.3. The van der Waals surface area contributed by atoms with Crippen molar-refractivity contribution in [3.63, 3.8) is 0 Å². The second-order valence-electron chi connectivity index (χ2n) is 8.49. The van der Waals surface area contributed by atoms with Gasteiger partial charge in [0.1, 0.15) is 5.78 Å². The largest absolute Gasteiger partial charge is 0.477 e. The minimum atomic E-state index is -1.58. The number of carboxylic acids is 1. The highest BCUT2D eigenvalue weighted by Crippen LogP contribution is 2.33. The minimum Gasteiger partial charge on any atom is -0.477 e. The molecule has 0 spiro atoms. The van der Waals surface area contributed by atoms with E-state index in [0.717, 1.165) is 32.1 Å². The maximum absolute atomic E-state index is 12.3. The molecule has 1 rings (SSSR count). The highest BCUT2D eigenvalue weighted by molar-refractivity contribution is 5.83. The maximum Gasteiger partial charge on any atom is 0.364 e. The Morgan fingerprint density at radius 1 is 1.03 bits per heavy atom. The third-order valence-electron chi connectivity index (χ3n) is 6.00. The smallest absolute Gasteiger partial charge is 0.364 e. The summed E-state index contributed by atoms with van der Waals surface area (Å²) in [7, 11) is 0. The van der Waals surface area contributed by atoms with Crippen molar-refractivity contribution in [3.8, 4) is 0 Å². The number of hydrogen-bond donors (Lipinski definition) is 1. The number of allylic oxidation sites excluding steroid dienone is 4. The summed E-state index contributed by atoms with van der Waals surface area (Å²) in [6.07, 6.45) is 19.5. The summed E-state index contributed by atoms with van der Waals surface area (Å²) in [5.41, 5.74) is 0. The average Bonchev–Trinajstić information content (AvgIpc) is 3.09. The van der Waals surface area contributed by atoms with Crippen molar-refractivity contribution < 1.29 is 24.2 Å². The van der Waals surface area contributed by atoms with Crippen molar-refractivity contribution >= 4 is 11.8 Å². The minimum absolute atomic E-state index is 0.0556. The molecule has 0 aromatic rings. The first-order valence-electron chi connectivity index (χ1n) is 12.4. The van der Waals surface area contributed by atoms with Crippen LogP contribution in [0.1, 0.15) is 97.8 Å². The molecule has 1 fully saturated rings. The molecule has 5 heteroatoms. The molecule has 178 valence electrons. The van der Waals surface area contributed by atoms with E-state index in [4.69, 9.17) is 9.47 Å². The number of carbonyl (C=O) groups excluding carboxylic acids is 1. The fourth-order valence-electron chi connectivity index (χ4n) is 4.10. The van der Waals surface area contributed by atoms with Crippen LogP contribution in [0.2, 0.25) is 0 Å². The number of rotatable bonds is 18. The summed E-state index contributed by atoms with van der Waals surface area (Å²) in [6.45, 7) is 6.69. The van der Waals surface area contributed by atoms with Gasteiger partial charge in [0.05, 0.1) is 6.61 Å². The predicted octanol–water partition coefficient (Wildman–Crippen LogP) is 6.47. The van der Waals surface area contributed by atoms with Gasteiger partial charge in [0.25, 0.3) is 5.79 Å². The molecule has 1 aliphatic rings. The molecule has 0 aromatic heterocycles. The zero-order chi connectivity index (χ0) is 23.0. The molecule has 1 aliphatic carbocycles. The van der Waals surface area contributed by atoms with E-state index in [9.17, 15) is 14.7 Å². The van der Waals surface area contributed by atoms with E-state index in [1.165, 1.54) is 25.7 Å². The molecule has 5 nitrogen and oxygen atoms in total. The Balaban J connectivity index is 2.52. The van der Waals surface area contributed by atoms with Gasteiger partial charge >= 0.3 is 5.97 Å². The third kappa shape index (κ3) is 10.1. The van der Waals surface area contributed by atoms with Gasteiger partial charge < -0.3 is 14.6 Å². The summed E-state index contributed by atoms with van der Waals surface area (Å²) in [4.78, 5) is 24.1. The van der Waals surface area contributed by atoms with E-state index in [-0.39, 0.29) is 18.9 Å². The van der Waals surface area contributed by atoms with Gasteiger partial charge in [0, 0.05) is 25.4 Å². The lowest BCUT2D eigenvalue weighted by molar-refractivity contribution is -0.245. The Kier molecular flexibility index (Phi) is 14.4. The SMILES string of the molecule is CCCCCC/C=C/[C@H]1CCC(=O)[C@@H]1C/C=C\CCC(OCC)(OCCCC)C(=O)O. The van der Waals surface area contributed by atoms with Crippen molar-refractivity contribution in [1.82, 2.24) is 0 Å². The van der Waals surface area contributed by atoms with Gasteiger partial charge in [0.2, 0.25) is 0 Å². The number of carboxylic acid groups (broad SMARTS) is 1. The highest BCUT2D eigenvalue weighted by Gasteiger charge is 2.40. The van der Waals surface area contributed by atoms with E-state index >= 15 is 0 Å². The van der Waals surface area contributed by atoms with Crippen molar-refractivity contribution in [2.24, 2.45) is 11.8 Å². The number of aliphatic carboxylic acids is 1. The molecule has 1 saturated carbocycles. The van der Waals surface area contributed by atoms with E-state index in [1.807, 2.05) is 19.1 Å². The fraction of sp³-hybridized carbons (Fsp3) is 0.769. The Bertz CT molecular complexity index is 568. The van der Waals surface area contributed by atoms with Crippen LogP contribution < -0.4 is 0 Å². The molecule has 0 radical (unpaired) electrons. The van der Waals surface area contributed by atoms with Crippen LogP contribution in [0.15, 0.2) is 24.3 Å². The molecule has 0 amide bonds. The Morgan fingerprint density at radius 2 is 1.81 bits per heavy atom. The molecule has 1 unspecified atom stereocenters. The van der Waals surface area contributed by atoms with Crippen LogP contribution >= 0.6 is 0 Å². The first-order chi connectivity index (χ1) is 15.0. The van der Waals surface area contributed by atoms with Crippen LogP contribution in [0.25, 0.3) is 0 Å². The summed E-state index contributed by atoms with van der Waals surface area (Å²) in [5, 5.41) is 9.68. The number of ketones is 1. The lowest BCUT2D eigenvalue weighted by Crippen LogP contribution is -2.44. The number of Topliss-reactive ketones (excluding diaryl/α,β-unsaturated/α-hetero) is 1. The van der Waals surface area contributed by atoms with Gasteiger partial charge in [0.15, 0.2) is 0 Å². The topological polar surface area (TPSA) is 72.8 Å². The van der Waals surface area contributed by atoms with Gasteiger partial charge in [-0.05, 0) is 51.4 Å². The fourth-order valence-corrected chi connectivity index (χ4v) is 4.10. The molecule has 0 aromatic carbocycles. The van der Waals surface area contributed by atoms with Crippen molar-refractivity contribution in [2.75, 3.05) is 13.2 Å². The summed E-state index contributed by atoms with van der Waals surface area (Å²) in [6, 6.07) is 0. The van der Waals surface area contributed by atoms with Crippen molar-refractivity contribution in [3.05, 3.63) is 24.3 Å². The normalized spacial score (nSPS) is 21.3. The Hall–Kier alpha value is -1.46. The molecular weight excluding hydrogens is 392 g/mol. The van der Waals surface area contributed by atoms with Crippen LogP contribution in [0.5, 0.6) is 0 Å². The molecular formula is C26H44O5. The molecule has 0 heterocycles. The van der Waals surface area contributed by atoms with Crippen molar-refractivity contribution in [2.45, 2.75) is 104 Å². The zero-order valence-electron chi connectivity index (χ0n) is 19.9. The molecule has 0 aliphatic heterocycles. The third-order valence-corrected chi connectivity index (χ3v) is 6.00. The summed E-state index contributed by atoms with van der Waals surface area (Å²) in [5.74, 6) is -1.92. The number of unbranched alkanes of at least 4 members (excludes halogenated alkanes) is 5. The summed E-state index contributed by atoms with van der Waals surface area (Å²) >= 11 is 0. The van der Waals surface area contributed by atoms with Gasteiger partial charge in [-0.2, -0.15) is 0 Å². The first-order valence-corrected chi connectivity index (χ1v) is 12.4. The van der Waals surface area contributed by atoms with Crippen molar-refractivity contribution in [1.29, 1.82) is 0 Å². The number of carbonyl (C=O) groups is 2. The standard InChI is InChI=1S/C26H44O5/c1-4-7-9-10-11-13-16-22-18-19-24(27)23(22)17-14-12-15-20-26(25(28)29,30-6-3)31-21-8-5-2/h12-14,16,22-23H,4-11,15,17-21H2,1-3H3,(H,28,29)/b14-12-,16-13+/t22-,23+,26?/m0/s1. The van der Waals surface area contributed by atoms with Gasteiger partial charge in [-0.1, -0.05) is 63.8 Å². The molecule has 3 atom stereocenters. The highest BCUT2D eigenvalue weighted by atomic mass is 16.7. The lowest BCUT2D eigenvalue weighted by Gasteiger charge is -2.29.